The van der Waals surface area contributed by atoms with Crippen LogP contribution in [0.1, 0.15) is 5.56 Å². The fourth-order valence-electron chi connectivity index (χ4n) is 1.18. The molecule has 1 nitrogen and oxygen atoms in total. The van der Waals surface area contributed by atoms with E-state index in [0.717, 1.165) is 6.07 Å². The van der Waals surface area contributed by atoms with Crippen LogP contribution in [0.3, 0.4) is 0 Å². The van der Waals surface area contributed by atoms with E-state index >= 15 is 0 Å². The van der Waals surface area contributed by atoms with Gasteiger partial charge in [-0.3, -0.25) is 0 Å². The number of benzene rings is 1. The van der Waals surface area contributed by atoms with Gasteiger partial charge in [-0.1, -0.05) is 12.1 Å². The van der Waals surface area contributed by atoms with Gasteiger partial charge in [0.05, 0.1) is 0 Å². The molecule has 0 amide bonds. The Kier molecular flexibility index (Phi) is 4.29. The number of hydrogen-bond donors (Lipinski definition) is 0. The first-order valence-electron chi connectivity index (χ1n) is 4.32. The molecule has 0 saturated carbocycles. The standard InChI is InChI=1S/C10H12ClF2N/c1-14(6-5-11)7-8-3-2-4-9(12)10(8)13/h2-4H,5-7H2,1H3. The molecule has 1 aromatic carbocycles. The molecule has 0 heterocycles. The third-order valence-electron chi connectivity index (χ3n) is 1.94. The Morgan fingerprint density at radius 2 is 2.07 bits per heavy atom. The van der Waals surface area contributed by atoms with Crippen molar-refractivity contribution in [3.63, 3.8) is 0 Å². The van der Waals surface area contributed by atoms with Crippen LogP contribution in [0.2, 0.25) is 0 Å². The van der Waals surface area contributed by atoms with Gasteiger partial charge in [0.15, 0.2) is 11.6 Å². The van der Waals surface area contributed by atoms with E-state index in [1.165, 1.54) is 6.07 Å². The smallest absolute Gasteiger partial charge is 0.163 e. The quantitative estimate of drug-likeness (QED) is 0.704. The largest absolute Gasteiger partial charge is 0.301 e. The van der Waals surface area contributed by atoms with Crippen LogP contribution in [-0.2, 0) is 6.54 Å². The number of alkyl halides is 1. The topological polar surface area (TPSA) is 3.24 Å². The van der Waals surface area contributed by atoms with Gasteiger partial charge in [0.2, 0.25) is 0 Å². The second-order valence-electron chi connectivity index (χ2n) is 3.14. The summed E-state index contributed by atoms with van der Waals surface area (Å²) in [5.74, 6) is -1.09. The van der Waals surface area contributed by atoms with Gasteiger partial charge in [0.25, 0.3) is 0 Å². The molecule has 0 aromatic heterocycles. The van der Waals surface area contributed by atoms with Crippen molar-refractivity contribution in [3.8, 4) is 0 Å². The highest BCUT2D eigenvalue weighted by atomic mass is 35.5. The molecular formula is C10H12ClF2N. The highest BCUT2D eigenvalue weighted by Crippen LogP contribution is 2.12. The Balaban J connectivity index is 2.71. The lowest BCUT2D eigenvalue weighted by molar-refractivity contribution is 0.338. The molecule has 0 radical (unpaired) electrons. The average Bonchev–Trinajstić information content (AvgIpc) is 2.13. The normalized spacial score (nSPS) is 10.9. The van der Waals surface area contributed by atoms with Gasteiger partial charge >= 0.3 is 0 Å². The van der Waals surface area contributed by atoms with Crippen molar-refractivity contribution in [3.05, 3.63) is 35.4 Å². The molecule has 14 heavy (non-hydrogen) atoms. The lowest BCUT2D eigenvalue weighted by Gasteiger charge is -2.15. The monoisotopic (exact) mass is 219 g/mol. The Bertz CT molecular complexity index is 304. The summed E-state index contributed by atoms with van der Waals surface area (Å²) in [5, 5.41) is 0. The van der Waals surface area contributed by atoms with Crippen LogP contribution in [0, 0.1) is 11.6 Å². The number of rotatable bonds is 4. The van der Waals surface area contributed by atoms with E-state index in [1.807, 2.05) is 11.9 Å². The SMILES string of the molecule is CN(CCCl)Cc1cccc(F)c1F. The van der Waals surface area contributed by atoms with Crippen LogP contribution in [-0.4, -0.2) is 24.4 Å². The second kappa shape index (κ2) is 5.27. The van der Waals surface area contributed by atoms with E-state index in [9.17, 15) is 8.78 Å². The number of hydrogen-bond acceptors (Lipinski definition) is 1. The Hall–Kier alpha value is -0.670. The molecule has 0 aliphatic rings. The van der Waals surface area contributed by atoms with Crippen molar-refractivity contribution in [1.82, 2.24) is 4.90 Å². The maximum atomic E-state index is 13.2. The number of nitrogens with zero attached hydrogens (tertiary/aromatic N) is 1. The predicted molar refractivity (Wildman–Crippen MR) is 53.4 cm³/mol. The summed E-state index contributed by atoms with van der Waals surface area (Å²) < 4.78 is 26.0. The van der Waals surface area contributed by atoms with Crippen molar-refractivity contribution in [2.45, 2.75) is 6.54 Å². The molecule has 0 aliphatic carbocycles. The predicted octanol–water partition coefficient (Wildman–Crippen LogP) is 2.64. The van der Waals surface area contributed by atoms with Gasteiger partial charge in [0, 0.05) is 24.5 Å². The van der Waals surface area contributed by atoms with Crippen LogP contribution < -0.4 is 0 Å². The van der Waals surface area contributed by atoms with Crippen molar-refractivity contribution in [2.75, 3.05) is 19.5 Å². The first-order valence-corrected chi connectivity index (χ1v) is 4.86. The Labute approximate surface area is 87.3 Å². The minimum atomic E-state index is -0.804. The summed E-state index contributed by atoms with van der Waals surface area (Å²) in [6, 6.07) is 4.19. The summed E-state index contributed by atoms with van der Waals surface area (Å²) in [4.78, 5) is 1.84. The highest BCUT2D eigenvalue weighted by molar-refractivity contribution is 6.18. The highest BCUT2D eigenvalue weighted by Gasteiger charge is 2.08. The fourth-order valence-corrected chi connectivity index (χ4v) is 1.47. The van der Waals surface area contributed by atoms with Gasteiger partial charge in [-0.05, 0) is 13.1 Å². The Morgan fingerprint density at radius 3 is 2.71 bits per heavy atom. The van der Waals surface area contributed by atoms with Crippen molar-refractivity contribution < 1.29 is 8.78 Å². The van der Waals surface area contributed by atoms with Gasteiger partial charge in [-0.25, -0.2) is 8.78 Å². The summed E-state index contributed by atoms with van der Waals surface area (Å²) in [6.45, 7) is 1.02. The fraction of sp³-hybridized carbons (Fsp3) is 0.400. The summed E-state index contributed by atoms with van der Waals surface area (Å²) in [6.07, 6.45) is 0. The molecule has 0 N–H and O–H groups in total. The molecule has 78 valence electrons. The van der Waals surface area contributed by atoms with Crippen LogP contribution in [0.5, 0.6) is 0 Å². The van der Waals surface area contributed by atoms with E-state index < -0.39 is 11.6 Å². The van der Waals surface area contributed by atoms with Crippen molar-refractivity contribution in [1.29, 1.82) is 0 Å². The lowest BCUT2D eigenvalue weighted by atomic mass is 10.2. The van der Waals surface area contributed by atoms with E-state index in [4.69, 9.17) is 11.6 Å². The van der Waals surface area contributed by atoms with Crippen molar-refractivity contribution in [2.24, 2.45) is 0 Å². The minimum absolute atomic E-state index is 0.359. The third-order valence-corrected chi connectivity index (χ3v) is 2.11. The molecule has 0 aliphatic heterocycles. The third kappa shape index (κ3) is 2.93. The molecule has 0 saturated heterocycles. The van der Waals surface area contributed by atoms with Gasteiger partial charge < -0.3 is 4.90 Å². The van der Waals surface area contributed by atoms with Gasteiger partial charge in [-0.2, -0.15) is 0 Å². The molecule has 0 unspecified atom stereocenters. The first-order chi connectivity index (χ1) is 6.65. The summed E-state index contributed by atoms with van der Waals surface area (Å²) in [7, 11) is 1.81. The van der Waals surface area contributed by atoms with Gasteiger partial charge in [0.1, 0.15) is 0 Å². The zero-order valence-electron chi connectivity index (χ0n) is 7.93. The average molecular weight is 220 g/mol. The molecule has 0 bridgehead atoms. The zero-order chi connectivity index (χ0) is 10.6. The van der Waals surface area contributed by atoms with Crippen LogP contribution in [0.15, 0.2) is 18.2 Å². The molecule has 1 rings (SSSR count). The molecular weight excluding hydrogens is 208 g/mol. The maximum absolute atomic E-state index is 13.2. The van der Waals surface area contributed by atoms with E-state index in [0.29, 0.717) is 24.5 Å². The number of halogens is 3. The summed E-state index contributed by atoms with van der Waals surface area (Å²) >= 11 is 5.52. The molecule has 0 fully saturated rings. The van der Waals surface area contributed by atoms with Crippen LogP contribution >= 0.6 is 11.6 Å². The molecule has 0 spiro atoms. The van der Waals surface area contributed by atoms with Crippen LogP contribution in [0.4, 0.5) is 8.78 Å². The second-order valence-corrected chi connectivity index (χ2v) is 3.52. The first kappa shape index (κ1) is 11.4. The van der Waals surface area contributed by atoms with E-state index in [1.54, 1.807) is 6.07 Å². The lowest BCUT2D eigenvalue weighted by Crippen LogP contribution is -2.20. The molecule has 4 heteroatoms. The molecule has 0 atom stereocenters. The molecule has 1 aromatic rings. The van der Waals surface area contributed by atoms with Gasteiger partial charge in [-0.15, -0.1) is 11.6 Å². The van der Waals surface area contributed by atoms with Crippen molar-refractivity contribution >= 4 is 11.6 Å². The maximum Gasteiger partial charge on any atom is 0.163 e. The minimum Gasteiger partial charge on any atom is -0.301 e. The van der Waals surface area contributed by atoms with Crippen LogP contribution in [0.25, 0.3) is 0 Å². The zero-order valence-corrected chi connectivity index (χ0v) is 8.69. The summed E-state index contributed by atoms with van der Waals surface area (Å²) in [5.41, 5.74) is 0.359. The van der Waals surface area contributed by atoms with E-state index in [2.05, 4.69) is 0 Å². The Morgan fingerprint density at radius 1 is 1.36 bits per heavy atom. The van der Waals surface area contributed by atoms with E-state index in [-0.39, 0.29) is 0 Å².